The van der Waals surface area contributed by atoms with Crippen LogP contribution in [0.3, 0.4) is 0 Å². The van der Waals surface area contributed by atoms with Crippen molar-refractivity contribution in [1.82, 2.24) is 0 Å². The molecule has 1 aromatic rings. The largest absolute Gasteiger partial charge is 0.497 e. The van der Waals surface area contributed by atoms with E-state index in [-0.39, 0.29) is 0 Å². The maximum absolute atomic E-state index is 11.2. The van der Waals surface area contributed by atoms with Crippen LogP contribution in [0, 0.1) is 5.92 Å². The summed E-state index contributed by atoms with van der Waals surface area (Å²) >= 11 is 0. The van der Waals surface area contributed by atoms with Gasteiger partial charge in [0.15, 0.2) is 0 Å². The summed E-state index contributed by atoms with van der Waals surface area (Å²) in [4.78, 5) is 11.2. The van der Waals surface area contributed by atoms with Crippen LogP contribution in [-0.2, 0) is 16.0 Å². The van der Waals surface area contributed by atoms with E-state index in [2.05, 4.69) is 0 Å². The molecule has 1 rings (SSSR count). The number of benzene rings is 1. The van der Waals surface area contributed by atoms with Crippen molar-refractivity contribution in [1.29, 1.82) is 0 Å². The molecule has 0 aliphatic rings. The lowest BCUT2D eigenvalue weighted by molar-refractivity contribution is -0.142. The van der Waals surface area contributed by atoms with E-state index >= 15 is 0 Å². The summed E-state index contributed by atoms with van der Waals surface area (Å²) < 4.78 is 10.5. The molecular weight excluding hydrogens is 244 g/mol. The Labute approximate surface area is 114 Å². The summed E-state index contributed by atoms with van der Waals surface area (Å²) in [7, 11) is 1.60. The highest BCUT2D eigenvalue weighted by atomic mass is 16.5. The third-order valence-electron chi connectivity index (χ3n) is 2.92. The fourth-order valence-corrected chi connectivity index (χ4v) is 1.87. The van der Waals surface area contributed by atoms with Crippen LogP contribution in [0.25, 0.3) is 0 Å². The van der Waals surface area contributed by atoms with Crippen LogP contribution in [0.5, 0.6) is 5.75 Å². The minimum Gasteiger partial charge on any atom is -0.497 e. The summed E-state index contributed by atoms with van der Waals surface area (Å²) in [5.74, 6) is -0.434. The summed E-state index contributed by atoms with van der Waals surface area (Å²) in [5.41, 5.74) is 0.974. The first-order valence-electron chi connectivity index (χ1n) is 6.60. The van der Waals surface area contributed by atoms with Gasteiger partial charge in [-0.2, -0.15) is 0 Å². The maximum atomic E-state index is 11.2. The van der Waals surface area contributed by atoms with Crippen LogP contribution < -0.4 is 4.74 Å². The van der Waals surface area contributed by atoms with Crippen LogP contribution in [0.15, 0.2) is 24.3 Å². The van der Waals surface area contributed by atoms with Gasteiger partial charge in [-0.15, -0.1) is 0 Å². The summed E-state index contributed by atoms with van der Waals surface area (Å²) in [6.45, 7) is 3.21. The molecule has 0 radical (unpaired) electrons. The molecule has 1 unspecified atom stereocenters. The van der Waals surface area contributed by atoms with Crippen molar-refractivity contribution >= 4 is 5.97 Å². The Kier molecular flexibility index (Phi) is 6.97. The van der Waals surface area contributed by atoms with Gasteiger partial charge < -0.3 is 14.6 Å². The van der Waals surface area contributed by atoms with Crippen LogP contribution in [0.1, 0.15) is 25.3 Å². The molecule has 0 fully saturated rings. The Hall–Kier alpha value is -1.55. The predicted octanol–water partition coefficient (Wildman–Crippen LogP) is 2.76. The standard InChI is InChI=1S/C15H22O4/c1-3-8-19-9-7-13(15(16)17)10-12-5-4-6-14(11-12)18-2/h4-6,11,13H,3,7-10H2,1-2H3,(H,16,17). The van der Waals surface area contributed by atoms with Crippen molar-refractivity contribution in [3.8, 4) is 5.75 Å². The zero-order chi connectivity index (χ0) is 14.1. The van der Waals surface area contributed by atoms with Gasteiger partial charge in [-0.3, -0.25) is 4.79 Å². The number of hydrogen-bond donors (Lipinski definition) is 1. The van der Waals surface area contributed by atoms with E-state index in [1.807, 2.05) is 31.2 Å². The van der Waals surface area contributed by atoms with Crippen molar-refractivity contribution < 1.29 is 19.4 Å². The van der Waals surface area contributed by atoms with Crippen molar-refractivity contribution in [3.63, 3.8) is 0 Å². The number of ether oxygens (including phenoxy) is 2. The molecule has 1 atom stereocenters. The second kappa shape index (κ2) is 8.53. The minimum atomic E-state index is -0.775. The van der Waals surface area contributed by atoms with Gasteiger partial charge in [0.25, 0.3) is 0 Å². The molecule has 0 saturated carbocycles. The maximum Gasteiger partial charge on any atom is 0.306 e. The monoisotopic (exact) mass is 266 g/mol. The first kappa shape index (κ1) is 15.5. The fourth-order valence-electron chi connectivity index (χ4n) is 1.87. The molecular formula is C15H22O4. The molecule has 0 heterocycles. The molecule has 1 aromatic carbocycles. The molecule has 0 aliphatic carbocycles. The second-order valence-corrected chi connectivity index (χ2v) is 4.49. The SMILES string of the molecule is CCCOCCC(Cc1cccc(OC)c1)C(=O)O. The molecule has 0 bridgehead atoms. The average molecular weight is 266 g/mol. The van der Waals surface area contributed by atoms with Crippen LogP contribution in [-0.4, -0.2) is 31.4 Å². The molecule has 4 heteroatoms. The van der Waals surface area contributed by atoms with Gasteiger partial charge >= 0.3 is 5.97 Å². The molecule has 0 aromatic heterocycles. The van der Waals surface area contributed by atoms with E-state index in [0.717, 1.165) is 17.7 Å². The smallest absolute Gasteiger partial charge is 0.306 e. The highest BCUT2D eigenvalue weighted by Crippen LogP contribution is 2.18. The first-order chi connectivity index (χ1) is 9.17. The number of hydrogen-bond acceptors (Lipinski definition) is 3. The Morgan fingerprint density at radius 3 is 2.79 bits per heavy atom. The normalized spacial score (nSPS) is 12.1. The zero-order valence-corrected chi connectivity index (χ0v) is 11.6. The molecule has 4 nitrogen and oxygen atoms in total. The van der Waals surface area contributed by atoms with Gasteiger partial charge in [0, 0.05) is 13.2 Å². The molecule has 1 N–H and O–H groups in total. The number of aliphatic carboxylic acids is 1. The number of carboxylic acid groups (broad SMARTS) is 1. The lowest BCUT2D eigenvalue weighted by atomic mass is 9.96. The minimum absolute atomic E-state index is 0.413. The lowest BCUT2D eigenvalue weighted by Crippen LogP contribution is -2.18. The van der Waals surface area contributed by atoms with Gasteiger partial charge in [0.1, 0.15) is 5.75 Å². The van der Waals surface area contributed by atoms with E-state index < -0.39 is 11.9 Å². The third kappa shape index (κ3) is 5.75. The van der Waals surface area contributed by atoms with Crippen LogP contribution in [0.4, 0.5) is 0 Å². The van der Waals surface area contributed by atoms with Gasteiger partial charge in [-0.25, -0.2) is 0 Å². The van der Waals surface area contributed by atoms with E-state index in [9.17, 15) is 9.90 Å². The molecule has 0 saturated heterocycles. The van der Waals surface area contributed by atoms with Crippen molar-refractivity contribution in [2.24, 2.45) is 5.92 Å². The highest BCUT2D eigenvalue weighted by Gasteiger charge is 2.18. The first-order valence-corrected chi connectivity index (χ1v) is 6.60. The van der Waals surface area contributed by atoms with E-state index in [4.69, 9.17) is 9.47 Å². The Morgan fingerprint density at radius 2 is 2.16 bits per heavy atom. The fraction of sp³-hybridized carbons (Fsp3) is 0.533. The summed E-state index contributed by atoms with van der Waals surface area (Å²) in [6, 6.07) is 7.53. The van der Waals surface area contributed by atoms with Gasteiger partial charge in [0.05, 0.1) is 13.0 Å². The van der Waals surface area contributed by atoms with E-state index in [1.54, 1.807) is 7.11 Å². The van der Waals surface area contributed by atoms with Gasteiger partial charge in [-0.1, -0.05) is 19.1 Å². The lowest BCUT2D eigenvalue weighted by Gasteiger charge is -2.13. The molecule has 0 spiro atoms. The molecule has 19 heavy (non-hydrogen) atoms. The number of methoxy groups -OCH3 is 1. The van der Waals surface area contributed by atoms with Crippen LogP contribution >= 0.6 is 0 Å². The molecule has 0 aliphatic heterocycles. The molecule has 0 amide bonds. The predicted molar refractivity (Wildman–Crippen MR) is 73.6 cm³/mol. The highest BCUT2D eigenvalue weighted by molar-refractivity contribution is 5.70. The van der Waals surface area contributed by atoms with E-state index in [1.165, 1.54) is 0 Å². The Bertz CT molecular complexity index is 389. The second-order valence-electron chi connectivity index (χ2n) is 4.49. The average Bonchev–Trinajstić information content (AvgIpc) is 2.42. The van der Waals surface area contributed by atoms with Crippen molar-refractivity contribution in [2.45, 2.75) is 26.2 Å². The quantitative estimate of drug-likeness (QED) is 0.698. The van der Waals surface area contributed by atoms with Gasteiger partial charge in [-0.05, 0) is 37.0 Å². The zero-order valence-electron chi connectivity index (χ0n) is 11.6. The third-order valence-corrected chi connectivity index (χ3v) is 2.92. The van der Waals surface area contributed by atoms with Crippen LogP contribution in [0.2, 0.25) is 0 Å². The topological polar surface area (TPSA) is 55.8 Å². The van der Waals surface area contributed by atoms with Crippen molar-refractivity contribution in [2.75, 3.05) is 20.3 Å². The van der Waals surface area contributed by atoms with E-state index in [0.29, 0.717) is 26.1 Å². The molecule has 106 valence electrons. The number of rotatable bonds is 9. The number of carbonyl (C=O) groups is 1. The Morgan fingerprint density at radius 1 is 1.37 bits per heavy atom. The number of carboxylic acids is 1. The van der Waals surface area contributed by atoms with Crippen molar-refractivity contribution in [3.05, 3.63) is 29.8 Å². The summed E-state index contributed by atoms with van der Waals surface area (Å²) in [6.07, 6.45) is 1.99. The Balaban J connectivity index is 2.54. The summed E-state index contributed by atoms with van der Waals surface area (Å²) in [5, 5.41) is 9.23. The van der Waals surface area contributed by atoms with Gasteiger partial charge in [0.2, 0.25) is 0 Å².